The number of fused-ring (bicyclic) bond motifs is 1. The number of nitrogen functional groups attached to an aromatic ring is 1. The van der Waals surface area contributed by atoms with Crippen LogP contribution in [-0.4, -0.2) is 52.9 Å². The molecule has 6 nitrogen and oxygen atoms in total. The van der Waals surface area contributed by atoms with Crippen LogP contribution < -0.4 is 11.3 Å². The van der Waals surface area contributed by atoms with E-state index in [2.05, 4.69) is 20.2 Å². The second-order valence-electron chi connectivity index (χ2n) is 5.54. The monoisotopic (exact) mass is 295 g/mol. The lowest BCUT2D eigenvalue weighted by Crippen LogP contribution is -2.54. The Morgan fingerprint density at radius 3 is 3.20 bits per heavy atom. The van der Waals surface area contributed by atoms with Crippen molar-refractivity contribution in [3.8, 4) is 0 Å². The minimum atomic E-state index is -0.307. The summed E-state index contributed by atoms with van der Waals surface area (Å²) in [5.74, 6) is 4.81. The third-order valence-electron chi connectivity index (χ3n) is 4.18. The molecule has 1 aromatic rings. The largest absolute Gasteiger partial charge is 0.298 e. The highest BCUT2D eigenvalue weighted by Gasteiger charge is 2.29. The van der Waals surface area contributed by atoms with Gasteiger partial charge in [0.2, 0.25) is 0 Å². The Kier molecular flexibility index (Phi) is 4.30. The third-order valence-corrected chi connectivity index (χ3v) is 5.07. The first kappa shape index (κ1) is 13.9. The van der Waals surface area contributed by atoms with Crippen LogP contribution in [0.1, 0.15) is 34.8 Å². The molecular formula is C13H21N5OS. The van der Waals surface area contributed by atoms with E-state index >= 15 is 0 Å². The Balaban J connectivity index is 1.58. The normalized spacial score (nSPS) is 24.4. The number of thiazole rings is 1. The van der Waals surface area contributed by atoms with E-state index in [1.165, 1.54) is 37.1 Å². The number of nitrogens with one attached hydrogen (secondary N) is 1. The van der Waals surface area contributed by atoms with Gasteiger partial charge in [0, 0.05) is 37.6 Å². The van der Waals surface area contributed by atoms with Crippen LogP contribution in [-0.2, 0) is 6.54 Å². The van der Waals surface area contributed by atoms with Gasteiger partial charge in [-0.3, -0.25) is 20.0 Å². The Hall–Kier alpha value is -1.02. The number of carbonyl (C=O) groups is 1. The van der Waals surface area contributed by atoms with E-state index in [9.17, 15) is 4.79 Å². The molecule has 0 radical (unpaired) electrons. The SMILES string of the molecule is NNC(=O)c1nc(CN2CCN3CCCCC3C2)cs1. The number of amides is 1. The molecule has 1 unspecified atom stereocenters. The molecule has 0 aromatic carbocycles. The quantitative estimate of drug-likeness (QED) is 0.480. The van der Waals surface area contributed by atoms with Gasteiger partial charge in [0.1, 0.15) is 0 Å². The molecule has 0 spiro atoms. The topological polar surface area (TPSA) is 74.5 Å². The Labute approximate surface area is 122 Å². The Bertz CT molecular complexity index is 477. The van der Waals surface area contributed by atoms with Crippen molar-refractivity contribution in [1.29, 1.82) is 0 Å². The Morgan fingerprint density at radius 1 is 1.45 bits per heavy atom. The van der Waals surface area contributed by atoms with Crippen molar-refractivity contribution in [3.05, 3.63) is 16.1 Å². The number of aromatic nitrogens is 1. The lowest BCUT2D eigenvalue weighted by atomic mass is 9.99. The highest BCUT2D eigenvalue weighted by atomic mass is 32.1. The van der Waals surface area contributed by atoms with Crippen LogP contribution in [0.5, 0.6) is 0 Å². The zero-order valence-corrected chi connectivity index (χ0v) is 12.4. The fourth-order valence-corrected chi connectivity index (χ4v) is 3.85. The van der Waals surface area contributed by atoms with Gasteiger partial charge in [-0.2, -0.15) is 0 Å². The zero-order valence-electron chi connectivity index (χ0n) is 11.5. The number of hydrogen-bond donors (Lipinski definition) is 2. The molecule has 0 aliphatic carbocycles. The van der Waals surface area contributed by atoms with Gasteiger partial charge < -0.3 is 0 Å². The smallest absolute Gasteiger partial charge is 0.294 e. The first-order chi connectivity index (χ1) is 9.76. The molecule has 1 aromatic heterocycles. The molecule has 3 rings (SSSR count). The van der Waals surface area contributed by atoms with Gasteiger partial charge in [-0.15, -0.1) is 11.3 Å². The molecule has 2 fully saturated rings. The third kappa shape index (κ3) is 3.01. The van der Waals surface area contributed by atoms with Crippen molar-refractivity contribution in [1.82, 2.24) is 20.2 Å². The highest BCUT2D eigenvalue weighted by Crippen LogP contribution is 2.22. The molecule has 3 heterocycles. The molecular weight excluding hydrogens is 274 g/mol. The van der Waals surface area contributed by atoms with E-state index < -0.39 is 0 Å². The van der Waals surface area contributed by atoms with E-state index in [0.717, 1.165) is 31.9 Å². The van der Waals surface area contributed by atoms with E-state index in [0.29, 0.717) is 11.0 Å². The summed E-state index contributed by atoms with van der Waals surface area (Å²) < 4.78 is 0. The van der Waals surface area contributed by atoms with Gasteiger partial charge in [0.05, 0.1) is 5.69 Å². The lowest BCUT2D eigenvalue weighted by Gasteiger charge is -2.43. The fraction of sp³-hybridized carbons (Fsp3) is 0.692. The van der Waals surface area contributed by atoms with Crippen molar-refractivity contribution < 1.29 is 4.79 Å². The average molecular weight is 295 g/mol. The summed E-state index contributed by atoms with van der Waals surface area (Å²) in [4.78, 5) is 20.8. The maximum absolute atomic E-state index is 11.4. The second-order valence-corrected chi connectivity index (χ2v) is 6.40. The van der Waals surface area contributed by atoms with Crippen molar-refractivity contribution in [2.75, 3.05) is 26.2 Å². The first-order valence-electron chi connectivity index (χ1n) is 7.18. The van der Waals surface area contributed by atoms with Crippen LogP contribution in [0.15, 0.2) is 5.38 Å². The maximum Gasteiger partial charge on any atom is 0.294 e. The fourth-order valence-electron chi connectivity index (χ4n) is 3.14. The van der Waals surface area contributed by atoms with Gasteiger partial charge in [0.25, 0.3) is 5.91 Å². The molecule has 2 aliphatic rings. The number of hydrogen-bond acceptors (Lipinski definition) is 6. The van der Waals surface area contributed by atoms with E-state index in [1.54, 1.807) is 0 Å². The van der Waals surface area contributed by atoms with Crippen LogP contribution in [0.25, 0.3) is 0 Å². The molecule has 3 N–H and O–H groups in total. The minimum Gasteiger partial charge on any atom is -0.298 e. The maximum atomic E-state index is 11.4. The number of hydrazine groups is 1. The van der Waals surface area contributed by atoms with Gasteiger partial charge in [-0.05, 0) is 19.4 Å². The van der Waals surface area contributed by atoms with Crippen molar-refractivity contribution in [2.45, 2.75) is 31.8 Å². The van der Waals surface area contributed by atoms with E-state index in [-0.39, 0.29) is 5.91 Å². The summed E-state index contributed by atoms with van der Waals surface area (Å²) in [7, 11) is 0. The van der Waals surface area contributed by atoms with Crippen LogP contribution in [0.2, 0.25) is 0 Å². The second kappa shape index (κ2) is 6.17. The predicted molar refractivity (Wildman–Crippen MR) is 78.3 cm³/mol. The molecule has 2 saturated heterocycles. The van der Waals surface area contributed by atoms with E-state index in [1.807, 2.05) is 5.38 Å². The molecule has 110 valence electrons. The summed E-state index contributed by atoms with van der Waals surface area (Å²) in [6.45, 7) is 5.46. The zero-order chi connectivity index (χ0) is 13.9. The molecule has 1 atom stereocenters. The number of piperidine rings is 1. The Morgan fingerprint density at radius 2 is 2.35 bits per heavy atom. The van der Waals surface area contributed by atoms with Gasteiger partial charge in [0.15, 0.2) is 5.01 Å². The molecule has 7 heteroatoms. The summed E-state index contributed by atoms with van der Waals surface area (Å²) >= 11 is 1.35. The lowest BCUT2D eigenvalue weighted by molar-refractivity contribution is 0.0451. The van der Waals surface area contributed by atoms with Crippen LogP contribution in [0, 0.1) is 0 Å². The van der Waals surface area contributed by atoms with Crippen molar-refractivity contribution in [2.24, 2.45) is 5.84 Å². The van der Waals surface area contributed by atoms with E-state index in [4.69, 9.17) is 5.84 Å². The number of nitrogens with two attached hydrogens (primary N) is 1. The average Bonchev–Trinajstić information content (AvgIpc) is 2.95. The molecule has 0 saturated carbocycles. The number of piperazine rings is 1. The van der Waals surface area contributed by atoms with Crippen molar-refractivity contribution >= 4 is 17.2 Å². The summed E-state index contributed by atoms with van der Waals surface area (Å²) in [6, 6.07) is 0.711. The standard InChI is InChI=1S/C13H21N5OS/c14-16-12(19)13-15-10(9-20-13)7-17-5-6-18-4-2-1-3-11(18)8-17/h9,11H,1-8,14H2,(H,16,19). The van der Waals surface area contributed by atoms with Crippen LogP contribution >= 0.6 is 11.3 Å². The number of carbonyl (C=O) groups excluding carboxylic acids is 1. The van der Waals surface area contributed by atoms with Gasteiger partial charge in [-0.25, -0.2) is 10.8 Å². The number of rotatable bonds is 3. The molecule has 2 aliphatic heterocycles. The first-order valence-corrected chi connectivity index (χ1v) is 8.06. The molecule has 20 heavy (non-hydrogen) atoms. The van der Waals surface area contributed by atoms with Gasteiger partial charge in [-0.1, -0.05) is 6.42 Å². The van der Waals surface area contributed by atoms with Crippen molar-refractivity contribution in [3.63, 3.8) is 0 Å². The van der Waals surface area contributed by atoms with Gasteiger partial charge >= 0.3 is 0 Å². The minimum absolute atomic E-state index is 0.307. The highest BCUT2D eigenvalue weighted by molar-refractivity contribution is 7.11. The summed E-state index contributed by atoms with van der Waals surface area (Å²) in [5.41, 5.74) is 3.09. The predicted octanol–water partition coefficient (Wildman–Crippen LogP) is 0.417. The number of nitrogens with zero attached hydrogens (tertiary/aromatic N) is 3. The van der Waals surface area contributed by atoms with Crippen LogP contribution in [0.4, 0.5) is 0 Å². The van der Waals surface area contributed by atoms with Crippen LogP contribution in [0.3, 0.4) is 0 Å². The molecule has 1 amide bonds. The summed E-state index contributed by atoms with van der Waals surface area (Å²) in [5, 5.41) is 2.40. The summed E-state index contributed by atoms with van der Waals surface area (Å²) in [6.07, 6.45) is 4.01. The molecule has 0 bridgehead atoms.